The summed E-state index contributed by atoms with van der Waals surface area (Å²) in [6.45, 7) is 5.87. The topological polar surface area (TPSA) is 36.4 Å². The van der Waals surface area contributed by atoms with Gasteiger partial charge in [-0.05, 0) is 50.3 Å². The van der Waals surface area contributed by atoms with Crippen molar-refractivity contribution in [2.45, 2.75) is 32.6 Å². The molecule has 1 aromatic heterocycles. The first-order valence-corrected chi connectivity index (χ1v) is 9.43. The Balaban J connectivity index is 1.52. The molecule has 2 aliphatic rings. The van der Waals surface area contributed by atoms with E-state index < -0.39 is 0 Å². The second-order valence-corrected chi connectivity index (χ2v) is 7.79. The number of anilines is 1. The lowest BCUT2D eigenvalue weighted by Gasteiger charge is -2.33. The highest BCUT2D eigenvalue weighted by Crippen LogP contribution is 2.32. The molecule has 0 bridgehead atoms. The number of hydrogen-bond donors (Lipinski definition) is 0. The molecule has 4 rings (SSSR count). The lowest BCUT2D eigenvalue weighted by Crippen LogP contribution is -2.44. The summed E-state index contributed by atoms with van der Waals surface area (Å²) in [7, 11) is 0. The Hall–Kier alpha value is -1.62. The fourth-order valence-electron chi connectivity index (χ4n) is 3.70. The van der Waals surface area contributed by atoms with Crippen LogP contribution in [0.2, 0.25) is 0 Å². The number of carbonyl (C=O) groups excluding carboxylic acids is 1. The van der Waals surface area contributed by atoms with Crippen molar-refractivity contribution < 1.29 is 4.79 Å². The van der Waals surface area contributed by atoms with Gasteiger partial charge >= 0.3 is 0 Å². The van der Waals surface area contributed by atoms with Crippen LogP contribution in [0.5, 0.6) is 0 Å². The minimum atomic E-state index is 0.149. The van der Waals surface area contributed by atoms with Crippen molar-refractivity contribution in [3.63, 3.8) is 0 Å². The van der Waals surface area contributed by atoms with E-state index in [0.29, 0.717) is 5.91 Å². The average molecular weight is 329 g/mol. The number of benzene rings is 1. The number of aryl methyl sites for hydroxylation is 1. The fourth-order valence-corrected chi connectivity index (χ4v) is 4.80. The molecule has 2 aromatic rings. The van der Waals surface area contributed by atoms with Crippen molar-refractivity contribution in [1.82, 2.24) is 9.88 Å². The van der Waals surface area contributed by atoms with E-state index in [1.807, 2.05) is 0 Å². The van der Waals surface area contributed by atoms with Crippen LogP contribution < -0.4 is 4.90 Å². The molecule has 122 valence electrons. The van der Waals surface area contributed by atoms with Crippen LogP contribution in [-0.4, -0.2) is 42.0 Å². The Morgan fingerprint density at radius 3 is 2.87 bits per heavy atom. The molecule has 23 heavy (non-hydrogen) atoms. The van der Waals surface area contributed by atoms with Gasteiger partial charge in [-0.15, -0.1) is 0 Å². The highest BCUT2D eigenvalue weighted by atomic mass is 32.1. The van der Waals surface area contributed by atoms with Gasteiger partial charge in [-0.2, -0.15) is 0 Å². The molecule has 5 heteroatoms. The summed E-state index contributed by atoms with van der Waals surface area (Å²) in [6.07, 6.45) is 4.44. The van der Waals surface area contributed by atoms with E-state index in [1.54, 1.807) is 11.3 Å². The van der Waals surface area contributed by atoms with Crippen molar-refractivity contribution in [2.24, 2.45) is 5.92 Å². The van der Waals surface area contributed by atoms with E-state index >= 15 is 0 Å². The van der Waals surface area contributed by atoms with Crippen LogP contribution >= 0.6 is 11.3 Å². The molecule has 0 aliphatic carbocycles. The van der Waals surface area contributed by atoms with Crippen LogP contribution in [0, 0.1) is 12.8 Å². The van der Waals surface area contributed by atoms with Gasteiger partial charge in [0.1, 0.15) is 0 Å². The molecule has 1 amide bonds. The standard InChI is InChI=1S/C18H23N3OS/c1-13-6-7-15-16(11-13)23-18(19-15)21-10-4-5-14(12-21)17(22)20-8-2-3-9-20/h6-7,11,14H,2-5,8-10,12H2,1H3. The Morgan fingerprint density at radius 2 is 2.04 bits per heavy atom. The molecular weight excluding hydrogens is 306 g/mol. The first-order valence-electron chi connectivity index (χ1n) is 8.61. The van der Waals surface area contributed by atoms with Gasteiger partial charge in [0, 0.05) is 26.2 Å². The highest BCUT2D eigenvalue weighted by molar-refractivity contribution is 7.22. The van der Waals surface area contributed by atoms with Crippen LogP contribution in [-0.2, 0) is 4.79 Å². The highest BCUT2D eigenvalue weighted by Gasteiger charge is 2.31. The number of carbonyl (C=O) groups is 1. The third kappa shape index (κ3) is 2.94. The smallest absolute Gasteiger partial charge is 0.227 e. The zero-order valence-electron chi connectivity index (χ0n) is 13.6. The van der Waals surface area contributed by atoms with Gasteiger partial charge in [-0.25, -0.2) is 4.98 Å². The second kappa shape index (κ2) is 6.11. The Labute approximate surface area is 141 Å². The largest absolute Gasteiger partial charge is 0.347 e. The fraction of sp³-hybridized carbons (Fsp3) is 0.556. The normalized spacial score (nSPS) is 22.0. The zero-order valence-corrected chi connectivity index (χ0v) is 14.4. The number of hydrogen-bond acceptors (Lipinski definition) is 4. The molecular formula is C18H23N3OS. The van der Waals surface area contributed by atoms with Gasteiger partial charge in [0.15, 0.2) is 5.13 Å². The van der Waals surface area contributed by atoms with Gasteiger partial charge in [-0.3, -0.25) is 4.79 Å². The summed E-state index contributed by atoms with van der Waals surface area (Å²) >= 11 is 1.75. The molecule has 0 N–H and O–H groups in total. The Bertz CT molecular complexity index is 720. The third-order valence-corrected chi connectivity index (χ3v) is 6.07. The predicted octanol–water partition coefficient (Wildman–Crippen LogP) is 3.44. The molecule has 2 aliphatic heterocycles. The number of nitrogens with zero attached hydrogens (tertiary/aromatic N) is 3. The molecule has 1 atom stereocenters. The lowest BCUT2D eigenvalue weighted by atomic mass is 9.97. The molecule has 0 spiro atoms. The number of thiazole rings is 1. The van der Waals surface area contributed by atoms with Crippen LogP contribution in [0.25, 0.3) is 10.2 Å². The summed E-state index contributed by atoms with van der Waals surface area (Å²) in [5.41, 5.74) is 2.34. The van der Waals surface area contributed by atoms with Crippen molar-refractivity contribution in [1.29, 1.82) is 0 Å². The SMILES string of the molecule is Cc1ccc2nc(N3CCCC(C(=O)N4CCCC4)C3)sc2c1. The summed E-state index contributed by atoms with van der Waals surface area (Å²) < 4.78 is 1.24. The minimum absolute atomic E-state index is 0.149. The van der Waals surface area contributed by atoms with E-state index in [-0.39, 0.29) is 5.92 Å². The predicted molar refractivity (Wildman–Crippen MR) is 95.1 cm³/mol. The van der Waals surface area contributed by atoms with E-state index in [9.17, 15) is 4.79 Å². The molecule has 1 unspecified atom stereocenters. The zero-order chi connectivity index (χ0) is 15.8. The first kappa shape index (κ1) is 14.9. The maximum Gasteiger partial charge on any atom is 0.227 e. The van der Waals surface area contributed by atoms with E-state index in [4.69, 9.17) is 4.98 Å². The van der Waals surface area contributed by atoms with E-state index in [0.717, 1.165) is 49.7 Å². The van der Waals surface area contributed by atoms with E-state index in [2.05, 4.69) is 34.9 Å². The second-order valence-electron chi connectivity index (χ2n) is 6.79. The van der Waals surface area contributed by atoms with Crippen molar-refractivity contribution in [3.8, 4) is 0 Å². The van der Waals surface area contributed by atoms with Gasteiger partial charge in [-0.1, -0.05) is 17.4 Å². The summed E-state index contributed by atoms with van der Waals surface area (Å²) in [4.78, 5) is 21.9. The maximum absolute atomic E-state index is 12.7. The lowest BCUT2D eigenvalue weighted by molar-refractivity contribution is -0.134. The minimum Gasteiger partial charge on any atom is -0.347 e. The molecule has 0 saturated carbocycles. The molecule has 4 nitrogen and oxygen atoms in total. The number of piperidine rings is 1. The van der Waals surface area contributed by atoms with Crippen molar-refractivity contribution in [2.75, 3.05) is 31.1 Å². The molecule has 0 radical (unpaired) electrons. The first-order chi connectivity index (χ1) is 11.2. The van der Waals surface area contributed by atoms with Crippen LogP contribution in [0.4, 0.5) is 5.13 Å². The van der Waals surface area contributed by atoms with Crippen LogP contribution in [0.1, 0.15) is 31.2 Å². The molecule has 2 fully saturated rings. The number of amides is 1. The average Bonchev–Trinajstić information content (AvgIpc) is 3.23. The quantitative estimate of drug-likeness (QED) is 0.847. The third-order valence-electron chi connectivity index (χ3n) is 4.99. The van der Waals surface area contributed by atoms with Gasteiger partial charge in [0.2, 0.25) is 5.91 Å². The molecule has 3 heterocycles. The van der Waals surface area contributed by atoms with Crippen molar-refractivity contribution in [3.05, 3.63) is 23.8 Å². The Morgan fingerprint density at radius 1 is 1.22 bits per heavy atom. The van der Waals surface area contributed by atoms with Gasteiger partial charge < -0.3 is 9.80 Å². The molecule has 2 saturated heterocycles. The maximum atomic E-state index is 12.7. The summed E-state index contributed by atoms with van der Waals surface area (Å²) in [6, 6.07) is 6.41. The number of aromatic nitrogens is 1. The van der Waals surface area contributed by atoms with Gasteiger partial charge in [0.25, 0.3) is 0 Å². The molecule has 1 aromatic carbocycles. The number of rotatable bonds is 2. The van der Waals surface area contributed by atoms with Crippen molar-refractivity contribution >= 4 is 32.6 Å². The van der Waals surface area contributed by atoms with E-state index in [1.165, 1.54) is 23.1 Å². The Kier molecular flexibility index (Phi) is 3.97. The van der Waals surface area contributed by atoms with Gasteiger partial charge in [0.05, 0.1) is 16.1 Å². The summed E-state index contributed by atoms with van der Waals surface area (Å²) in [5, 5.41) is 1.07. The monoisotopic (exact) mass is 329 g/mol. The number of likely N-dealkylation sites (tertiary alicyclic amines) is 1. The van der Waals surface area contributed by atoms with Crippen LogP contribution in [0.3, 0.4) is 0 Å². The summed E-state index contributed by atoms with van der Waals surface area (Å²) in [5.74, 6) is 0.514. The van der Waals surface area contributed by atoms with Crippen LogP contribution in [0.15, 0.2) is 18.2 Å². The number of fused-ring (bicyclic) bond motifs is 1.